The molecule has 1 atom stereocenters. The van der Waals surface area contributed by atoms with E-state index in [4.69, 9.17) is 10.2 Å². The van der Waals surface area contributed by atoms with Crippen LogP contribution in [0, 0.1) is 0 Å². The van der Waals surface area contributed by atoms with Crippen LogP contribution in [0.3, 0.4) is 0 Å². The van der Waals surface area contributed by atoms with Gasteiger partial charge in [-0.25, -0.2) is 0 Å². The van der Waals surface area contributed by atoms with Crippen molar-refractivity contribution < 1.29 is 9.21 Å². The van der Waals surface area contributed by atoms with Crippen LogP contribution in [0.2, 0.25) is 0 Å². The van der Waals surface area contributed by atoms with E-state index < -0.39 is 11.2 Å². The van der Waals surface area contributed by atoms with E-state index in [1.807, 2.05) is 47.9 Å². The van der Waals surface area contributed by atoms with Crippen LogP contribution in [0.5, 0.6) is 0 Å². The van der Waals surface area contributed by atoms with Crippen LogP contribution in [-0.4, -0.2) is 20.7 Å². The van der Waals surface area contributed by atoms with E-state index in [-0.39, 0.29) is 0 Å². The molecule has 3 rings (SSSR count). The predicted octanol–water partition coefficient (Wildman–Crippen LogP) is 2.88. The van der Waals surface area contributed by atoms with Gasteiger partial charge >= 0.3 is 0 Å². The van der Waals surface area contributed by atoms with Crippen molar-refractivity contribution >= 4 is 17.7 Å². The van der Waals surface area contributed by atoms with Gasteiger partial charge in [-0.05, 0) is 24.6 Å². The molecule has 3 aromatic rings. The smallest absolute Gasteiger partial charge is 0.235 e. The van der Waals surface area contributed by atoms with Crippen molar-refractivity contribution in [2.24, 2.45) is 5.73 Å². The number of nitrogens with two attached hydrogens (primary N) is 1. The predicted molar refractivity (Wildman–Crippen MR) is 87.6 cm³/mol. The summed E-state index contributed by atoms with van der Waals surface area (Å²) in [6.45, 7) is 2.65. The van der Waals surface area contributed by atoms with Crippen molar-refractivity contribution in [1.82, 2.24) is 14.8 Å². The van der Waals surface area contributed by atoms with Crippen LogP contribution in [0.1, 0.15) is 17.7 Å². The zero-order valence-electron chi connectivity index (χ0n) is 12.5. The van der Waals surface area contributed by atoms with E-state index in [1.165, 1.54) is 11.8 Å². The van der Waals surface area contributed by atoms with Gasteiger partial charge in [0.05, 0.1) is 6.26 Å². The van der Waals surface area contributed by atoms with Crippen molar-refractivity contribution in [2.45, 2.75) is 23.9 Å². The van der Waals surface area contributed by atoms with Crippen LogP contribution in [0.25, 0.3) is 11.6 Å². The number of thioether (sulfide) groups is 1. The molecule has 0 saturated heterocycles. The largest absolute Gasteiger partial charge is 0.461 e. The van der Waals surface area contributed by atoms with E-state index in [0.29, 0.717) is 23.3 Å². The Morgan fingerprint density at radius 2 is 2.04 bits per heavy atom. The summed E-state index contributed by atoms with van der Waals surface area (Å²) in [6, 6.07) is 13.0. The van der Waals surface area contributed by atoms with Gasteiger partial charge in [0, 0.05) is 6.54 Å². The average molecular weight is 328 g/mol. The molecule has 6 nitrogen and oxygen atoms in total. The molecular formula is C16H16N4O2S. The summed E-state index contributed by atoms with van der Waals surface area (Å²) in [5.74, 6) is 0.865. The number of furan rings is 1. The molecule has 0 aliphatic carbocycles. The lowest BCUT2D eigenvalue weighted by molar-refractivity contribution is -0.117. The number of nitrogens with zero attached hydrogens (tertiary/aromatic N) is 3. The van der Waals surface area contributed by atoms with Gasteiger partial charge in [-0.3, -0.25) is 9.36 Å². The molecule has 23 heavy (non-hydrogen) atoms. The fourth-order valence-corrected chi connectivity index (χ4v) is 3.32. The molecule has 2 heterocycles. The van der Waals surface area contributed by atoms with Crippen LogP contribution in [0.15, 0.2) is 58.3 Å². The first-order chi connectivity index (χ1) is 11.2. The highest BCUT2D eigenvalue weighted by Gasteiger charge is 2.24. The summed E-state index contributed by atoms with van der Waals surface area (Å²) in [5, 5.41) is 8.49. The van der Waals surface area contributed by atoms with Crippen molar-refractivity contribution in [3.8, 4) is 11.6 Å². The fourth-order valence-electron chi connectivity index (χ4n) is 2.27. The topological polar surface area (TPSA) is 86.9 Å². The highest BCUT2D eigenvalue weighted by molar-refractivity contribution is 8.00. The number of rotatable bonds is 6. The van der Waals surface area contributed by atoms with Crippen molar-refractivity contribution in [3.05, 3.63) is 54.3 Å². The lowest BCUT2D eigenvalue weighted by Gasteiger charge is -2.13. The lowest BCUT2D eigenvalue weighted by atomic mass is 10.1. The minimum absolute atomic E-state index is 0.411. The molecule has 7 heteroatoms. The van der Waals surface area contributed by atoms with E-state index in [9.17, 15) is 4.79 Å². The zero-order valence-corrected chi connectivity index (χ0v) is 13.4. The second-order valence-electron chi connectivity index (χ2n) is 4.84. The Kier molecular flexibility index (Phi) is 4.47. The second kappa shape index (κ2) is 6.70. The van der Waals surface area contributed by atoms with E-state index in [2.05, 4.69) is 10.2 Å². The van der Waals surface area contributed by atoms with Crippen LogP contribution >= 0.6 is 11.8 Å². The summed E-state index contributed by atoms with van der Waals surface area (Å²) in [6.07, 6.45) is 1.59. The quantitative estimate of drug-likeness (QED) is 0.703. The fraction of sp³-hybridized carbons (Fsp3) is 0.188. The monoisotopic (exact) mass is 328 g/mol. The Morgan fingerprint density at radius 3 is 2.65 bits per heavy atom. The van der Waals surface area contributed by atoms with Gasteiger partial charge in [-0.15, -0.1) is 10.2 Å². The molecule has 0 radical (unpaired) electrons. The standard InChI is InChI=1S/C16H16N4O2S/c1-2-20-15(12-9-6-10-22-12)18-19-16(20)23-13(14(17)21)11-7-4-3-5-8-11/h3-10,13H,2H2,1H3,(H2,17,21). The Balaban J connectivity index is 1.94. The minimum atomic E-state index is -0.518. The highest BCUT2D eigenvalue weighted by Crippen LogP contribution is 2.35. The van der Waals surface area contributed by atoms with Crippen molar-refractivity contribution in [1.29, 1.82) is 0 Å². The minimum Gasteiger partial charge on any atom is -0.461 e. The maximum Gasteiger partial charge on any atom is 0.235 e. The number of amides is 1. The normalized spacial score (nSPS) is 12.2. The van der Waals surface area contributed by atoms with Gasteiger partial charge in [0.2, 0.25) is 5.91 Å². The second-order valence-corrected chi connectivity index (χ2v) is 5.91. The number of carbonyl (C=O) groups is 1. The van der Waals surface area contributed by atoms with Gasteiger partial charge in [0.15, 0.2) is 16.7 Å². The van der Waals surface area contributed by atoms with Crippen LogP contribution in [0.4, 0.5) is 0 Å². The summed E-state index contributed by atoms with van der Waals surface area (Å²) in [4.78, 5) is 11.9. The van der Waals surface area contributed by atoms with Gasteiger partial charge in [-0.2, -0.15) is 0 Å². The third-order valence-electron chi connectivity index (χ3n) is 3.36. The zero-order chi connectivity index (χ0) is 16.2. The van der Waals surface area contributed by atoms with Crippen LogP contribution in [-0.2, 0) is 11.3 Å². The first kappa shape index (κ1) is 15.4. The number of aromatic nitrogens is 3. The van der Waals surface area contributed by atoms with E-state index >= 15 is 0 Å². The number of benzene rings is 1. The maximum atomic E-state index is 11.9. The molecular weight excluding hydrogens is 312 g/mol. The number of carbonyl (C=O) groups excluding carboxylic acids is 1. The summed E-state index contributed by atoms with van der Waals surface area (Å²) >= 11 is 1.29. The van der Waals surface area contributed by atoms with Gasteiger partial charge in [-0.1, -0.05) is 42.1 Å². The first-order valence-corrected chi connectivity index (χ1v) is 8.06. The third kappa shape index (κ3) is 3.14. The van der Waals surface area contributed by atoms with E-state index in [1.54, 1.807) is 12.3 Å². The average Bonchev–Trinajstić information content (AvgIpc) is 3.21. The maximum absolute atomic E-state index is 11.9. The molecule has 1 unspecified atom stereocenters. The van der Waals surface area contributed by atoms with E-state index in [0.717, 1.165) is 5.56 Å². The Morgan fingerprint density at radius 1 is 1.26 bits per heavy atom. The third-order valence-corrected chi connectivity index (χ3v) is 4.61. The molecule has 0 spiro atoms. The molecule has 2 N–H and O–H groups in total. The number of primary amides is 1. The van der Waals surface area contributed by atoms with Gasteiger partial charge in [0.25, 0.3) is 0 Å². The summed E-state index contributed by atoms with van der Waals surface area (Å²) in [5.41, 5.74) is 6.42. The Bertz CT molecular complexity index is 784. The molecule has 1 amide bonds. The molecule has 0 aliphatic heterocycles. The van der Waals surface area contributed by atoms with Gasteiger partial charge in [0.1, 0.15) is 5.25 Å². The van der Waals surface area contributed by atoms with Crippen LogP contribution < -0.4 is 5.73 Å². The van der Waals surface area contributed by atoms with Crippen molar-refractivity contribution in [2.75, 3.05) is 0 Å². The summed E-state index contributed by atoms with van der Waals surface area (Å²) < 4.78 is 7.29. The lowest BCUT2D eigenvalue weighted by Crippen LogP contribution is -2.19. The highest BCUT2D eigenvalue weighted by atomic mass is 32.2. The molecule has 0 aliphatic rings. The Labute approximate surface area is 137 Å². The summed E-state index contributed by atoms with van der Waals surface area (Å²) in [7, 11) is 0. The SMILES string of the molecule is CCn1c(SC(C(N)=O)c2ccccc2)nnc1-c1ccco1. The Hall–Kier alpha value is -2.54. The first-order valence-electron chi connectivity index (χ1n) is 7.18. The molecule has 118 valence electrons. The molecule has 0 saturated carbocycles. The number of hydrogen-bond donors (Lipinski definition) is 1. The van der Waals surface area contributed by atoms with Crippen molar-refractivity contribution in [3.63, 3.8) is 0 Å². The number of hydrogen-bond acceptors (Lipinski definition) is 5. The molecule has 2 aromatic heterocycles. The molecule has 0 fully saturated rings. The molecule has 1 aromatic carbocycles. The molecule has 0 bridgehead atoms. The van der Waals surface area contributed by atoms with Gasteiger partial charge < -0.3 is 10.2 Å².